The van der Waals surface area contributed by atoms with Gasteiger partial charge in [-0.15, -0.1) is 0 Å². The Kier molecular flexibility index (Phi) is 14.3. The molecule has 0 bridgehead atoms. The Morgan fingerprint density at radius 1 is 0.879 bits per heavy atom. The minimum atomic E-state index is -1.46. The van der Waals surface area contributed by atoms with Gasteiger partial charge >= 0.3 is 11.9 Å². The van der Waals surface area contributed by atoms with Crippen molar-refractivity contribution in [2.75, 3.05) is 12.0 Å². The molecule has 0 aromatic heterocycles. The largest absolute Gasteiger partial charge is 0.481 e. The molecule has 0 radical (unpaired) electrons. The number of rotatable bonds is 16. The molecule has 0 aliphatic rings. The van der Waals surface area contributed by atoms with Gasteiger partial charge in [-0.1, -0.05) is 13.8 Å². The van der Waals surface area contributed by atoms with Crippen LogP contribution in [0.5, 0.6) is 0 Å². The van der Waals surface area contributed by atoms with E-state index in [1.165, 1.54) is 18.7 Å². The van der Waals surface area contributed by atoms with Crippen LogP contribution < -0.4 is 21.7 Å². The third-order valence-corrected chi connectivity index (χ3v) is 5.28. The fourth-order valence-electron chi connectivity index (χ4n) is 2.81. The zero-order valence-electron chi connectivity index (χ0n) is 19.4. The van der Waals surface area contributed by atoms with Crippen LogP contribution in [0.4, 0.5) is 0 Å². The van der Waals surface area contributed by atoms with E-state index in [2.05, 4.69) is 16.0 Å². The van der Waals surface area contributed by atoms with Crippen molar-refractivity contribution in [1.82, 2.24) is 16.0 Å². The molecule has 3 amide bonds. The second-order valence-electron chi connectivity index (χ2n) is 8.14. The van der Waals surface area contributed by atoms with E-state index in [4.69, 9.17) is 10.8 Å². The van der Waals surface area contributed by atoms with Crippen LogP contribution in [0.3, 0.4) is 0 Å². The second-order valence-corrected chi connectivity index (χ2v) is 9.12. The highest BCUT2D eigenvalue weighted by Crippen LogP contribution is 2.08. The molecule has 0 rings (SSSR count). The molecule has 5 atom stereocenters. The lowest BCUT2D eigenvalue weighted by atomic mass is 10.0. The van der Waals surface area contributed by atoms with E-state index in [1.54, 1.807) is 6.26 Å². The number of nitrogens with two attached hydrogens (primary N) is 1. The van der Waals surface area contributed by atoms with Crippen LogP contribution in [-0.4, -0.2) is 87.3 Å². The summed E-state index contributed by atoms with van der Waals surface area (Å²) >= 11 is 1.43. The number of carbonyl (C=O) groups is 5. The summed E-state index contributed by atoms with van der Waals surface area (Å²) in [5, 5.41) is 35.2. The lowest BCUT2D eigenvalue weighted by molar-refractivity contribution is -0.142. The number of aliphatic hydroxyl groups is 1. The molecular weight excluding hydrogens is 456 g/mol. The summed E-state index contributed by atoms with van der Waals surface area (Å²) in [5.41, 5.74) is 5.64. The summed E-state index contributed by atoms with van der Waals surface area (Å²) in [6.07, 6.45) is 0.326. The average Bonchev–Trinajstić information content (AvgIpc) is 2.71. The van der Waals surface area contributed by atoms with E-state index in [1.807, 2.05) is 13.8 Å². The van der Waals surface area contributed by atoms with Gasteiger partial charge in [-0.25, -0.2) is 4.79 Å². The zero-order chi connectivity index (χ0) is 25.7. The normalized spacial score (nSPS) is 15.6. The van der Waals surface area contributed by atoms with Crippen LogP contribution in [-0.2, 0) is 24.0 Å². The molecule has 0 saturated heterocycles. The van der Waals surface area contributed by atoms with Gasteiger partial charge < -0.3 is 37.0 Å². The van der Waals surface area contributed by atoms with Crippen molar-refractivity contribution in [3.63, 3.8) is 0 Å². The van der Waals surface area contributed by atoms with E-state index < -0.39 is 59.9 Å². The number of hydrogen-bond acceptors (Lipinski definition) is 8. The number of amides is 3. The number of carboxylic acid groups (broad SMARTS) is 2. The maximum Gasteiger partial charge on any atom is 0.326 e. The lowest BCUT2D eigenvalue weighted by Gasteiger charge is -2.27. The number of nitrogens with one attached hydrogen (secondary N) is 3. The molecule has 0 aromatic rings. The maximum atomic E-state index is 12.8. The molecule has 33 heavy (non-hydrogen) atoms. The highest BCUT2D eigenvalue weighted by molar-refractivity contribution is 7.98. The lowest BCUT2D eigenvalue weighted by Crippen LogP contribution is -2.60. The first-order valence-electron chi connectivity index (χ1n) is 10.6. The number of carboxylic acids is 2. The van der Waals surface area contributed by atoms with Gasteiger partial charge in [0, 0.05) is 6.42 Å². The Balaban J connectivity index is 5.36. The third kappa shape index (κ3) is 12.4. The molecule has 0 spiro atoms. The van der Waals surface area contributed by atoms with E-state index in [-0.39, 0.29) is 31.6 Å². The predicted octanol–water partition coefficient (Wildman–Crippen LogP) is -1.10. The van der Waals surface area contributed by atoms with Crippen LogP contribution >= 0.6 is 11.8 Å². The van der Waals surface area contributed by atoms with Gasteiger partial charge in [-0.2, -0.15) is 11.8 Å². The maximum absolute atomic E-state index is 12.8. The van der Waals surface area contributed by atoms with Gasteiger partial charge in [0.15, 0.2) is 0 Å². The second kappa shape index (κ2) is 15.5. The van der Waals surface area contributed by atoms with Crippen molar-refractivity contribution in [1.29, 1.82) is 0 Å². The van der Waals surface area contributed by atoms with E-state index >= 15 is 0 Å². The van der Waals surface area contributed by atoms with Crippen molar-refractivity contribution >= 4 is 41.4 Å². The first-order chi connectivity index (χ1) is 15.3. The highest BCUT2D eigenvalue weighted by atomic mass is 32.2. The summed E-state index contributed by atoms with van der Waals surface area (Å²) < 4.78 is 0. The zero-order valence-corrected chi connectivity index (χ0v) is 20.2. The number of carbonyl (C=O) groups excluding carboxylic acids is 3. The Hall–Kier alpha value is -2.38. The van der Waals surface area contributed by atoms with E-state index in [0.29, 0.717) is 5.75 Å². The van der Waals surface area contributed by atoms with Crippen molar-refractivity contribution in [3.05, 3.63) is 0 Å². The van der Waals surface area contributed by atoms with E-state index in [9.17, 15) is 34.2 Å². The molecule has 0 aliphatic heterocycles. The molecule has 0 fully saturated rings. The standard InChI is InChI=1S/C20H36N4O8S/c1-10(2)9-14(18(29)22-13(20(31)32)7-8-33-4)23-19(30)16(11(3)25)24-17(28)12(21)5-6-15(26)27/h10-14,16,25H,5-9,21H2,1-4H3,(H,22,29)(H,23,30)(H,24,28)(H,26,27)(H,31,32). The third-order valence-electron chi connectivity index (χ3n) is 4.63. The topological polar surface area (TPSA) is 208 Å². The molecule has 0 saturated carbocycles. The smallest absolute Gasteiger partial charge is 0.326 e. The monoisotopic (exact) mass is 492 g/mol. The molecule has 5 unspecified atom stereocenters. The number of aliphatic carboxylic acids is 2. The van der Waals surface area contributed by atoms with Gasteiger partial charge in [0.05, 0.1) is 12.1 Å². The summed E-state index contributed by atoms with van der Waals surface area (Å²) in [4.78, 5) is 59.8. The van der Waals surface area contributed by atoms with Crippen molar-refractivity contribution in [2.24, 2.45) is 11.7 Å². The van der Waals surface area contributed by atoms with Gasteiger partial charge in [0.2, 0.25) is 17.7 Å². The summed E-state index contributed by atoms with van der Waals surface area (Å²) in [6.45, 7) is 4.88. The van der Waals surface area contributed by atoms with Crippen molar-refractivity contribution in [2.45, 2.75) is 76.7 Å². The minimum absolute atomic E-state index is 0.0421. The SMILES string of the molecule is CSCCC(NC(=O)C(CC(C)C)NC(=O)C(NC(=O)C(N)CCC(=O)O)C(C)O)C(=O)O. The number of aliphatic hydroxyl groups excluding tert-OH is 1. The molecule has 190 valence electrons. The Morgan fingerprint density at radius 2 is 1.45 bits per heavy atom. The van der Waals surface area contributed by atoms with Gasteiger partial charge in [0.25, 0.3) is 0 Å². The average molecular weight is 493 g/mol. The number of hydrogen-bond donors (Lipinski definition) is 7. The fourth-order valence-corrected chi connectivity index (χ4v) is 3.28. The quantitative estimate of drug-likeness (QED) is 0.138. The Bertz CT molecular complexity index is 689. The molecule has 0 aromatic carbocycles. The van der Waals surface area contributed by atoms with Crippen LogP contribution in [0.1, 0.15) is 46.5 Å². The van der Waals surface area contributed by atoms with Crippen LogP contribution in [0.15, 0.2) is 0 Å². The number of thioether (sulfide) groups is 1. The Labute approximate surface area is 197 Å². The molecule has 12 nitrogen and oxygen atoms in total. The van der Waals surface area contributed by atoms with Gasteiger partial charge in [-0.05, 0) is 44.1 Å². The van der Waals surface area contributed by atoms with Gasteiger partial charge in [0.1, 0.15) is 18.1 Å². The van der Waals surface area contributed by atoms with Crippen molar-refractivity contribution < 1.29 is 39.3 Å². The van der Waals surface area contributed by atoms with Gasteiger partial charge in [-0.3, -0.25) is 19.2 Å². The molecule has 13 heteroatoms. The predicted molar refractivity (Wildman–Crippen MR) is 122 cm³/mol. The summed E-state index contributed by atoms with van der Waals surface area (Å²) in [7, 11) is 0. The molecule has 0 heterocycles. The molecular formula is C20H36N4O8S. The first-order valence-corrected chi connectivity index (χ1v) is 12.0. The fraction of sp³-hybridized carbons (Fsp3) is 0.750. The highest BCUT2D eigenvalue weighted by Gasteiger charge is 2.32. The summed E-state index contributed by atoms with van der Waals surface area (Å²) in [5.74, 6) is -4.25. The van der Waals surface area contributed by atoms with Crippen LogP contribution in [0, 0.1) is 5.92 Å². The first kappa shape index (κ1) is 30.6. The van der Waals surface area contributed by atoms with E-state index in [0.717, 1.165) is 0 Å². The molecule has 8 N–H and O–H groups in total. The Morgan fingerprint density at radius 3 is 1.91 bits per heavy atom. The van der Waals surface area contributed by atoms with Crippen LogP contribution in [0.25, 0.3) is 0 Å². The molecule has 0 aliphatic carbocycles. The van der Waals surface area contributed by atoms with Crippen LogP contribution in [0.2, 0.25) is 0 Å². The summed E-state index contributed by atoms with van der Waals surface area (Å²) in [6, 6.07) is -4.90. The van der Waals surface area contributed by atoms with Crippen molar-refractivity contribution in [3.8, 4) is 0 Å². The minimum Gasteiger partial charge on any atom is -0.481 e.